The van der Waals surface area contributed by atoms with Crippen LogP contribution in [0, 0.1) is 11.8 Å². The Hall–Kier alpha value is 0.250. The monoisotopic (exact) mass is 192 g/mol. The molecule has 2 atom stereocenters. The van der Waals surface area contributed by atoms with Gasteiger partial charge in [-0.2, -0.15) is 0 Å². The van der Waals surface area contributed by atoms with Crippen molar-refractivity contribution in [1.29, 1.82) is 0 Å². The zero-order valence-corrected chi connectivity index (χ0v) is 9.14. The van der Waals surface area contributed by atoms with Crippen LogP contribution in [0.3, 0.4) is 0 Å². The summed E-state index contributed by atoms with van der Waals surface area (Å²) in [6.07, 6.45) is 3.62. The summed E-state index contributed by atoms with van der Waals surface area (Å²) in [5.74, 6) is 1.22. The molecule has 2 unspecified atom stereocenters. The molecule has 0 aliphatic rings. The topological polar surface area (TPSA) is 20.2 Å². The van der Waals surface area contributed by atoms with E-state index < -0.39 is 0 Å². The van der Waals surface area contributed by atoms with E-state index in [2.05, 4.69) is 20.8 Å². The quantitative estimate of drug-likeness (QED) is 0.642. The molecule has 0 aromatic rings. The zero-order chi connectivity index (χ0) is 9.56. The molecule has 0 bridgehead atoms. The van der Waals surface area contributed by atoms with Crippen molar-refractivity contribution in [2.75, 3.05) is 6.61 Å². The van der Waals surface area contributed by atoms with Gasteiger partial charge in [0.25, 0.3) is 0 Å². The number of hydrogen-bond acceptors (Lipinski definition) is 1. The van der Waals surface area contributed by atoms with Gasteiger partial charge in [0.05, 0.1) is 12.0 Å². The standard InChI is InChI=1S/C10H21ClO/c1-8(2)5-4-6-9(3)10(11)7-12/h8-10,12H,4-7H2,1-3H3. The third-order valence-electron chi connectivity index (χ3n) is 2.23. The number of halogens is 1. The van der Waals surface area contributed by atoms with Gasteiger partial charge in [-0.25, -0.2) is 0 Å². The summed E-state index contributed by atoms with van der Waals surface area (Å²) in [7, 11) is 0. The lowest BCUT2D eigenvalue weighted by Gasteiger charge is -2.15. The average molecular weight is 193 g/mol. The van der Waals surface area contributed by atoms with E-state index in [4.69, 9.17) is 16.7 Å². The van der Waals surface area contributed by atoms with Gasteiger partial charge >= 0.3 is 0 Å². The maximum Gasteiger partial charge on any atom is 0.0597 e. The SMILES string of the molecule is CC(C)CCCC(C)C(Cl)CO. The molecule has 0 heterocycles. The highest BCUT2D eigenvalue weighted by molar-refractivity contribution is 6.20. The molecule has 1 N–H and O–H groups in total. The van der Waals surface area contributed by atoms with E-state index in [0.717, 1.165) is 12.3 Å². The van der Waals surface area contributed by atoms with Crippen LogP contribution in [0.2, 0.25) is 0 Å². The number of rotatable bonds is 6. The van der Waals surface area contributed by atoms with Gasteiger partial charge in [-0.15, -0.1) is 11.6 Å². The fourth-order valence-electron chi connectivity index (χ4n) is 1.21. The van der Waals surface area contributed by atoms with Crippen molar-refractivity contribution in [1.82, 2.24) is 0 Å². The molecule has 0 amide bonds. The van der Waals surface area contributed by atoms with E-state index in [-0.39, 0.29) is 12.0 Å². The lowest BCUT2D eigenvalue weighted by atomic mass is 9.97. The summed E-state index contributed by atoms with van der Waals surface area (Å²) in [6, 6.07) is 0. The maximum absolute atomic E-state index is 8.78. The second kappa shape index (κ2) is 6.73. The van der Waals surface area contributed by atoms with Gasteiger partial charge in [-0.05, 0) is 18.3 Å². The molecule has 0 rings (SSSR count). The van der Waals surface area contributed by atoms with Crippen molar-refractivity contribution in [3.05, 3.63) is 0 Å². The van der Waals surface area contributed by atoms with Crippen molar-refractivity contribution < 1.29 is 5.11 Å². The van der Waals surface area contributed by atoms with Crippen LogP contribution in [0.5, 0.6) is 0 Å². The van der Waals surface area contributed by atoms with Crippen LogP contribution in [0.15, 0.2) is 0 Å². The van der Waals surface area contributed by atoms with Crippen molar-refractivity contribution in [3.8, 4) is 0 Å². The van der Waals surface area contributed by atoms with Crippen LogP contribution in [0.1, 0.15) is 40.0 Å². The summed E-state index contributed by atoms with van der Waals surface area (Å²) in [4.78, 5) is 0. The number of alkyl halides is 1. The Bertz CT molecular complexity index is 104. The van der Waals surface area contributed by atoms with Crippen molar-refractivity contribution in [2.24, 2.45) is 11.8 Å². The Morgan fingerprint density at radius 3 is 2.17 bits per heavy atom. The van der Waals surface area contributed by atoms with Gasteiger partial charge in [-0.3, -0.25) is 0 Å². The fraction of sp³-hybridized carbons (Fsp3) is 1.00. The van der Waals surface area contributed by atoms with Crippen LogP contribution < -0.4 is 0 Å². The van der Waals surface area contributed by atoms with E-state index in [1.165, 1.54) is 12.8 Å². The van der Waals surface area contributed by atoms with Crippen molar-refractivity contribution in [2.45, 2.75) is 45.4 Å². The normalized spacial score (nSPS) is 16.5. The molecule has 0 aliphatic heterocycles. The highest BCUT2D eigenvalue weighted by atomic mass is 35.5. The highest BCUT2D eigenvalue weighted by Gasteiger charge is 2.12. The van der Waals surface area contributed by atoms with Crippen LogP contribution in [-0.2, 0) is 0 Å². The first-order valence-corrected chi connectivity index (χ1v) is 5.26. The first kappa shape index (κ1) is 12.2. The van der Waals surface area contributed by atoms with E-state index in [9.17, 15) is 0 Å². The van der Waals surface area contributed by atoms with E-state index in [1.807, 2.05) is 0 Å². The van der Waals surface area contributed by atoms with Gasteiger partial charge in [0.1, 0.15) is 0 Å². The summed E-state index contributed by atoms with van der Waals surface area (Å²) in [5.41, 5.74) is 0. The Balaban J connectivity index is 3.37. The van der Waals surface area contributed by atoms with E-state index >= 15 is 0 Å². The number of aliphatic hydroxyl groups excluding tert-OH is 1. The van der Waals surface area contributed by atoms with Crippen molar-refractivity contribution in [3.63, 3.8) is 0 Å². The molecule has 2 heteroatoms. The lowest BCUT2D eigenvalue weighted by Crippen LogP contribution is -2.15. The molecule has 0 aromatic carbocycles. The third kappa shape index (κ3) is 5.84. The molecule has 0 fully saturated rings. The van der Waals surface area contributed by atoms with Crippen LogP contribution >= 0.6 is 11.6 Å². The first-order valence-electron chi connectivity index (χ1n) is 4.82. The summed E-state index contributed by atoms with van der Waals surface area (Å²) >= 11 is 5.88. The first-order chi connectivity index (χ1) is 5.57. The number of hydrogen-bond donors (Lipinski definition) is 1. The number of aliphatic hydroxyl groups is 1. The molecule has 0 saturated heterocycles. The van der Waals surface area contributed by atoms with Gasteiger partial charge in [0, 0.05) is 0 Å². The molecule has 0 aliphatic carbocycles. The maximum atomic E-state index is 8.78. The lowest BCUT2D eigenvalue weighted by molar-refractivity contribution is 0.260. The minimum atomic E-state index is -0.0582. The van der Waals surface area contributed by atoms with Crippen LogP contribution in [0.4, 0.5) is 0 Å². The zero-order valence-electron chi connectivity index (χ0n) is 8.39. The minimum Gasteiger partial charge on any atom is -0.395 e. The highest BCUT2D eigenvalue weighted by Crippen LogP contribution is 2.18. The van der Waals surface area contributed by atoms with Gasteiger partial charge in [0.15, 0.2) is 0 Å². The van der Waals surface area contributed by atoms with E-state index in [0.29, 0.717) is 5.92 Å². The third-order valence-corrected chi connectivity index (χ3v) is 2.80. The van der Waals surface area contributed by atoms with E-state index in [1.54, 1.807) is 0 Å². The Morgan fingerprint density at radius 1 is 1.17 bits per heavy atom. The van der Waals surface area contributed by atoms with Crippen LogP contribution in [0.25, 0.3) is 0 Å². The van der Waals surface area contributed by atoms with Crippen molar-refractivity contribution >= 4 is 11.6 Å². The average Bonchev–Trinajstić information content (AvgIpc) is 2.02. The minimum absolute atomic E-state index is 0.0582. The fourth-order valence-corrected chi connectivity index (χ4v) is 1.33. The summed E-state index contributed by atoms with van der Waals surface area (Å²) in [6.45, 7) is 6.67. The predicted octanol–water partition coefficient (Wildman–Crippen LogP) is 3.05. The molecule has 1 nitrogen and oxygen atoms in total. The van der Waals surface area contributed by atoms with Gasteiger partial charge < -0.3 is 5.11 Å². The largest absolute Gasteiger partial charge is 0.395 e. The predicted molar refractivity (Wildman–Crippen MR) is 54.6 cm³/mol. The molecule has 74 valence electrons. The molecular formula is C10H21ClO. The molecular weight excluding hydrogens is 172 g/mol. The summed E-state index contributed by atoms with van der Waals surface area (Å²) < 4.78 is 0. The van der Waals surface area contributed by atoms with Gasteiger partial charge in [-0.1, -0.05) is 33.6 Å². The molecule has 12 heavy (non-hydrogen) atoms. The Kier molecular flexibility index (Phi) is 6.87. The molecule has 0 spiro atoms. The second-order valence-corrected chi connectivity index (χ2v) is 4.56. The smallest absolute Gasteiger partial charge is 0.0597 e. The second-order valence-electron chi connectivity index (χ2n) is 4.00. The summed E-state index contributed by atoms with van der Waals surface area (Å²) in [5, 5.41) is 8.72. The Morgan fingerprint density at radius 2 is 1.75 bits per heavy atom. The van der Waals surface area contributed by atoms with Crippen LogP contribution in [-0.4, -0.2) is 17.1 Å². The van der Waals surface area contributed by atoms with Gasteiger partial charge in [0.2, 0.25) is 0 Å². The Labute approximate surface area is 81.1 Å². The molecule has 0 radical (unpaired) electrons. The molecule has 0 aromatic heterocycles. The molecule has 0 saturated carbocycles.